The van der Waals surface area contributed by atoms with Crippen LogP contribution in [-0.2, 0) is 4.79 Å². The fraction of sp³-hybridized carbons (Fsp3) is 0.938. The molecule has 0 aromatic heterocycles. The van der Waals surface area contributed by atoms with Gasteiger partial charge in [0.2, 0.25) is 5.91 Å². The molecule has 0 aromatic carbocycles. The predicted octanol–water partition coefficient (Wildman–Crippen LogP) is 2.76. The van der Waals surface area contributed by atoms with E-state index in [0.29, 0.717) is 23.9 Å². The highest BCUT2D eigenvalue weighted by Gasteiger charge is 2.44. The molecule has 0 radical (unpaired) electrons. The van der Waals surface area contributed by atoms with Crippen LogP contribution in [-0.4, -0.2) is 29.6 Å². The smallest absolute Gasteiger partial charge is 0.241 e. The Morgan fingerprint density at radius 2 is 1.89 bits per heavy atom. The van der Waals surface area contributed by atoms with E-state index in [0.717, 1.165) is 12.5 Å². The zero-order valence-corrected chi connectivity index (χ0v) is 12.4. The molecular formula is C16H28N2O. The molecule has 3 rings (SSSR count). The quantitative estimate of drug-likeness (QED) is 0.828. The molecule has 2 saturated carbocycles. The van der Waals surface area contributed by atoms with Gasteiger partial charge in [0, 0.05) is 6.54 Å². The summed E-state index contributed by atoms with van der Waals surface area (Å²) in [4.78, 5) is 14.8. The normalized spacial score (nSPS) is 32.8. The van der Waals surface area contributed by atoms with E-state index >= 15 is 0 Å². The van der Waals surface area contributed by atoms with E-state index in [1.165, 1.54) is 44.9 Å². The van der Waals surface area contributed by atoms with Crippen LogP contribution in [0.4, 0.5) is 0 Å². The topological polar surface area (TPSA) is 32.3 Å². The highest BCUT2D eigenvalue weighted by molar-refractivity contribution is 5.84. The van der Waals surface area contributed by atoms with Crippen molar-refractivity contribution in [2.45, 2.75) is 71.0 Å². The third-order valence-corrected chi connectivity index (χ3v) is 5.22. The Balaban J connectivity index is 1.68. The molecule has 0 spiro atoms. The van der Waals surface area contributed by atoms with Crippen LogP contribution in [0.2, 0.25) is 0 Å². The summed E-state index contributed by atoms with van der Waals surface area (Å²) in [6.45, 7) is 5.30. The molecule has 1 amide bonds. The maximum absolute atomic E-state index is 12.6. The van der Waals surface area contributed by atoms with Crippen LogP contribution in [0.1, 0.15) is 58.8 Å². The number of carbonyl (C=O) groups is 1. The minimum atomic E-state index is 0.0600. The molecule has 19 heavy (non-hydrogen) atoms. The summed E-state index contributed by atoms with van der Waals surface area (Å²) < 4.78 is 0. The van der Waals surface area contributed by atoms with Gasteiger partial charge in [0.15, 0.2) is 0 Å². The lowest BCUT2D eigenvalue weighted by Gasteiger charge is -2.29. The van der Waals surface area contributed by atoms with E-state index in [4.69, 9.17) is 0 Å². The van der Waals surface area contributed by atoms with Gasteiger partial charge in [-0.3, -0.25) is 10.1 Å². The lowest BCUT2D eigenvalue weighted by molar-refractivity contribution is -0.131. The number of nitrogens with zero attached hydrogens (tertiary/aromatic N) is 1. The van der Waals surface area contributed by atoms with Crippen LogP contribution < -0.4 is 5.32 Å². The zero-order valence-electron chi connectivity index (χ0n) is 12.4. The SMILES string of the molecule is CC(C)C1NC(C2CCCC2)N(CCC2CC2)C1=O. The van der Waals surface area contributed by atoms with Crippen molar-refractivity contribution in [3.05, 3.63) is 0 Å². The number of hydrogen-bond donors (Lipinski definition) is 1. The highest BCUT2D eigenvalue weighted by Crippen LogP contribution is 2.36. The van der Waals surface area contributed by atoms with E-state index in [9.17, 15) is 4.79 Å². The van der Waals surface area contributed by atoms with Gasteiger partial charge in [-0.1, -0.05) is 39.5 Å². The zero-order chi connectivity index (χ0) is 13.4. The molecule has 1 N–H and O–H groups in total. The number of nitrogens with one attached hydrogen (secondary N) is 1. The molecule has 3 nitrogen and oxygen atoms in total. The van der Waals surface area contributed by atoms with Crippen LogP contribution in [0.25, 0.3) is 0 Å². The third kappa shape index (κ3) is 2.81. The maximum Gasteiger partial charge on any atom is 0.241 e. The summed E-state index contributed by atoms with van der Waals surface area (Å²) in [7, 11) is 0. The van der Waals surface area contributed by atoms with E-state index in [1.807, 2.05) is 0 Å². The van der Waals surface area contributed by atoms with Gasteiger partial charge < -0.3 is 4.90 Å². The molecule has 0 bridgehead atoms. The number of carbonyl (C=O) groups excluding carboxylic acids is 1. The van der Waals surface area contributed by atoms with Crippen LogP contribution in [0.3, 0.4) is 0 Å². The summed E-state index contributed by atoms with van der Waals surface area (Å²) >= 11 is 0. The first-order valence-corrected chi connectivity index (χ1v) is 8.23. The fourth-order valence-electron chi connectivity index (χ4n) is 3.78. The van der Waals surface area contributed by atoms with Crippen molar-refractivity contribution in [1.82, 2.24) is 10.2 Å². The van der Waals surface area contributed by atoms with Gasteiger partial charge in [-0.15, -0.1) is 0 Å². The minimum Gasteiger partial charge on any atom is -0.325 e. The third-order valence-electron chi connectivity index (χ3n) is 5.22. The molecule has 3 aliphatic rings. The van der Waals surface area contributed by atoms with Crippen molar-refractivity contribution in [1.29, 1.82) is 0 Å². The van der Waals surface area contributed by atoms with Crippen LogP contribution >= 0.6 is 0 Å². The van der Waals surface area contributed by atoms with Crippen molar-refractivity contribution in [3.8, 4) is 0 Å². The number of rotatable bonds is 5. The average Bonchev–Trinajstić information content (AvgIpc) is 2.92. The summed E-state index contributed by atoms with van der Waals surface area (Å²) in [5, 5.41) is 3.65. The van der Waals surface area contributed by atoms with Crippen molar-refractivity contribution in [2.75, 3.05) is 6.54 Å². The lowest BCUT2D eigenvalue weighted by Crippen LogP contribution is -2.43. The standard InChI is InChI=1S/C16H28N2O/c1-11(2)14-16(19)18(10-9-12-7-8-12)15(17-14)13-5-3-4-6-13/h11-15,17H,3-10H2,1-2H3. The monoisotopic (exact) mass is 264 g/mol. The molecule has 108 valence electrons. The van der Waals surface area contributed by atoms with E-state index in [1.54, 1.807) is 0 Å². The summed E-state index contributed by atoms with van der Waals surface area (Å²) in [6.07, 6.45) is 9.63. The van der Waals surface area contributed by atoms with Gasteiger partial charge in [0.05, 0.1) is 12.2 Å². The van der Waals surface area contributed by atoms with Crippen molar-refractivity contribution < 1.29 is 4.79 Å². The summed E-state index contributed by atoms with van der Waals surface area (Å²) in [5.74, 6) is 2.39. The first-order valence-electron chi connectivity index (χ1n) is 8.23. The highest BCUT2D eigenvalue weighted by atomic mass is 16.2. The molecular weight excluding hydrogens is 236 g/mol. The van der Waals surface area contributed by atoms with E-state index in [-0.39, 0.29) is 6.04 Å². The first-order chi connectivity index (χ1) is 9.16. The van der Waals surface area contributed by atoms with Gasteiger partial charge in [0.1, 0.15) is 0 Å². The van der Waals surface area contributed by atoms with Crippen LogP contribution in [0.5, 0.6) is 0 Å². The Labute approximate surface area is 117 Å². The Kier molecular flexibility index (Phi) is 3.84. The number of hydrogen-bond acceptors (Lipinski definition) is 2. The van der Waals surface area contributed by atoms with Crippen molar-refractivity contribution in [3.63, 3.8) is 0 Å². The molecule has 2 atom stereocenters. The molecule has 1 saturated heterocycles. The number of amides is 1. The second-order valence-corrected chi connectivity index (χ2v) is 7.14. The molecule has 0 aromatic rings. The van der Waals surface area contributed by atoms with Gasteiger partial charge in [0.25, 0.3) is 0 Å². The Hall–Kier alpha value is -0.570. The molecule has 1 heterocycles. The summed E-state index contributed by atoms with van der Waals surface area (Å²) in [6, 6.07) is 0.0600. The second kappa shape index (κ2) is 5.43. The van der Waals surface area contributed by atoms with Gasteiger partial charge in [-0.2, -0.15) is 0 Å². The fourth-order valence-corrected chi connectivity index (χ4v) is 3.78. The van der Waals surface area contributed by atoms with Crippen LogP contribution in [0.15, 0.2) is 0 Å². The largest absolute Gasteiger partial charge is 0.325 e. The van der Waals surface area contributed by atoms with Crippen molar-refractivity contribution >= 4 is 5.91 Å². The van der Waals surface area contributed by atoms with Gasteiger partial charge in [-0.25, -0.2) is 0 Å². The van der Waals surface area contributed by atoms with Crippen molar-refractivity contribution in [2.24, 2.45) is 17.8 Å². The molecule has 2 aliphatic carbocycles. The summed E-state index contributed by atoms with van der Waals surface area (Å²) in [5.41, 5.74) is 0. The minimum absolute atomic E-state index is 0.0600. The molecule has 1 aliphatic heterocycles. The Morgan fingerprint density at radius 1 is 1.21 bits per heavy atom. The first kappa shape index (κ1) is 13.4. The second-order valence-electron chi connectivity index (χ2n) is 7.14. The predicted molar refractivity (Wildman–Crippen MR) is 76.6 cm³/mol. The van der Waals surface area contributed by atoms with E-state index < -0.39 is 0 Å². The Morgan fingerprint density at radius 3 is 2.47 bits per heavy atom. The molecule has 3 fully saturated rings. The molecule has 3 heteroatoms. The van der Waals surface area contributed by atoms with Gasteiger partial charge >= 0.3 is 0 Å². The average molecular weight is 264 g/mol. The van der Waals surface area contributed by atoms with Gasteiger partial charge in [-0.05, 0) is 37.0 Å². The Bertz CT molecular complexity index is 332. The lowest BCUT2D eigenvalue weighted by atomic mass is 10.0. The van der Waals surface area contributed by atoms with Crippen LogP contribution in [0, 0.1) is 17.8 Å². The van der Waals surface area contributed by atoms with E-state index in [2.05, 4.69) is 24.1 Å². The molecule has 2 unspecified atom stereocenters. The maximum atomic E-state index is 12.6.